The zero-order valence-electron chi connectivity index (χ0n) is 14.0. The van der Waals surface area contributed by atoms with Gasteiger partial charge in [0, 0.05) is 17.5 Å². The Balaban J connectivity index is 2.11. The van der Waals surface area contributed by atoms with Gasteiger partial charge in [0.2, 0.25) is 5.91 Å². The molecule has 0 spiro atoms. The van der Waals surface area contributed by atoms with Crippen LogP contribution in [0.25, 0.3) is 0 Å². The molecule has 25 heavy (non-hydrogen) atoms. The van der Waals surface area contributed by atoms with Crippen LogP contribution in [0.3, 0.4) is 0 Å². The summed E-state index contributed by atoms with van der Waals surface area (Å²) in [5, 5.41) is 2.80. The third-order valence-corrected chi connectivity index (χ3v) is 4.85. The number of halogens is 1. The van der Waals surface area contributed by atoms with Crippen LogP contribution in [-0.4, -0.2) is 29.6 Å². The van der Waals surface area contributed by atoms with Gasteiger partial charge in [-0.15, -0.1) is 11.8 Å². The number of primary amides is 1. The standard InChI is InChI=1S/C18H20FN3O2S/c1-12(13-7-3-4-8-14(13)19)22(2)18(24)21-15-9-5-6-10-16(15)25-11-17(20)23/h3-10,12H,11H2,1-2H3,(H2,20,23)(H,21,24). The van der Waals surface area contributed by atoms with Crippen LogP contribution < -0.4 is 11.1 Å². The molecule has 3 N–H and O–H groups in total. The fraction of sp³-hybridized carbons (Fsp3) is 0.222. The van der Waals surface area contributed by atoms with Crippen LogP contribution in [0.1, 0.15) is 18.5 Å². The first-order valence-electron chi connectivity index (χ1n) is 7.68. The highest BCUT2D eigenvalue weighted by molar-refractivity contribution is 8.00. The van der Waals surface area contributed by atoms with Crippen molar-refractivity contribution in [1.29, 1.82) is 0 Å². The van der Waals surface area contributed by atoms with Crippen molar-refractivity contribution in [3.8, 4) is 0 Å². The summed E-state index contributed by atoms with van der Waals surface area (Å²) in [6.07, 6.45) is 0. The Labute approximate surface area is 150 Å². The average molecular weight is 361 g/mol. The van der Waals surface area contributed by atoms with Crippen LogP contribution in [0.2, 0.25) is 0 Å². The van der Waals surface area contributed by atoms with Gasteiger partial charge in [0.15, 0.2) is 0 Å². The van der Waals surface area contributed by atoms with Gasteiger partial charge < -0.3 is 16.0 Å². The molecule has 132 valence electrons. The SMILES string of the molecule is CC(c1ccccc1F)N(C)C(=O)Nc1ccccc1SCC(N)=O. The van der Waals surface area contributed by atoms with Gasteiger partial charge in [0.1, 0.15) is 5.82 Å². The van der Waals surface area contributed by atoms with Crippen LogP contribution in [0.15, 0.2) is 53.4 Å². The molecule has 0 bridgehead atoms. The lowest BCUT2D eigenvalue weighted by Crippen LogP contribution is -2.34. The average Bonchev–Trinajstić information content (AvgIpc) is 2.60. The summed E-state index contributed by atoms with van der Waals surface area (Å²) in [7, 11) is 1.60. The number of nitrogens with one attached hydrogen (secondary N) is 1. The van der Waals surface area contributed by atoms with Crippen molar-refractivity contribution in [2.24, 2.45) is 5.73 Å². The number of hydrogen-bond acceptors (Lipinski definition) is 3. The largest absolute Gasteiger partial charge is 0.369 e. The van der Waals surface area contributed by atoms with Crippen molar-refractivity contribution in [2.75, 3.05) is 18.1 Å². The van der Waals surface area contributed by atoms with Crippen LogP contribution in [-0.2, 0) is 4.79 Å². The topological polar surface area (TPSA) is 75.4 Å². The zero-order valence-corrected chi connectivity index (χ0v) is 14.8. The molecular formula is C18H20FN3O2S. The van der Waals surface area contributed by atoms with Gasteiger partial charge in [-0.25, -0.2) is 9.18 Å². The number of amides is 3. The van der Waals surface area contributed by atoms with Gasteiger partial charge >= 0.3 is 6.03 Å². The molecule has 0 radical (unpaired) electrons. The summed E-state index contributed by atoms with van der Waals surface area (Å²) in [6.45, 7) is 1.76. The molecule has 0 aliphatic carbocycles. The van der Waals surface area contributed by atoms with Gasteiger partial charge in [0.25, 0.3) is 0 Å². The predicted molar refractivity (Wildman–Crippen MR) is 98.0 cm³/mol. The number of thioether (sulfide) groups is 1. The maximum Gasteiger partial charge on any atom is 0.322 e. The van der Waals surface area contributed by atoms with Crippen molar-refractivity contribution in [3.63, 3.8) is 0 Å². The number of para-hydroxylation sites is 1. The second kappa shape index (κ2) is 8.53. The molecule has 0 saturated heterocycles. The van der Waals surface area contributed by atoms with Crippen LogP contribution in [0.5, 0.6) is 0 Å². The zero-order chi connectivity index (χ0) is 18.4. The Hall–Kier alpha value is -2.54. The first-order valence-corrected chi connectivity index (χ1v) is 8.67. The molecule has 0 heterocycles. The molecule has 0 aromatic heterocycles. The Kier molecular flexibility index (Phi) is 6.41. The number of urea groups is 1. The van der Waals surface area contributed by atoms with Gasteiger partial charge in [0.05, 0.1) is 17.5 Å². The molecule has 0 saturated carbocycles. The molecule has 7 heteroatoms. The Morgan fingerprint density at radius 1 is 1.20 bits per heavy atom. The number of nitrogens with zero attached hydrogens (tertiary/aromatic N) is 1. The van der Waals surface area contributed by atoms with Gasteiger partial charge in [-0.3, -0.25) is 4.79 Å². The monoisotopic (exact) mass is 361 g/mol. The summed E-state index contributed by atoms with van der Waals surface area (Å²) in [6, 6.07) is 12.7. The molecule has 2 aromatic carbocycles. The Morgan fingerprint density at radius 2 is 1.84 bits per heavy atom. The summed E-state index contributed by atoms with van der Waals surface area (Å²) in [5.41, 5.74) is 6.18. The van der Waals surface area contributed by atoms with Gasteiger partial charge in [-0.2, -0.15) is 0 Å². The highest BCUT2D eigenvalue weighted by Gasteiger charge is 2.20. The van der Waals surface area contributed by atoms with E-state index in [0.29, 0.717) is 11.3 Å². The maximum atomic E-state index is 13.9. The maximum absolute atomic E-state index is 13.9. The Bertz CT molecular complexity index is 769. The fourth-order valence-corrected chi connectivity index (χ4v) is 2.99. The third kappa shape index (κ3) is 4.96. The third-order valence-electron chi connectivity index (χ3n) is 3.76. The van der Waals surface area contributed by atoms with E-state index in [1.807, 2.05) is 6.07 Å². The first kappa shape index (κ1) is 18.8. The van der Waals surface area contributed by atoms with Crippen molar-refractivity contribution >= 4 is 29.4 Å². The lowest BCUT2D eigenvalue weighted by molar-refractivity contribution is -0.115. The molecule has 0 aliphatic heterocycles. The number of nitrogens with two attached hydrogens (primary N) is 1. The molecule has 3 amide bonds. The summed E-state index contributed by atoms with van der Waals surface area (Å²) in [4.78, 5) is 25.6. The van der Waals surface area contributed by atoms with E-state index < -0.39 is 11.9 Å². The van der Waals surface area contributed by atoms with E-state index in [-0.39, 0.29) is 17.6 Å². The van der Waals surface area contributed by atoms with Crippen LogP contribution >= 0.6 is 11.8 Å². The van der Waals surface area contributed by atoms with E-state index in [1.54, 1.807) is 50.4 Å². The molecule has 0 aliphatic rings. The lowest BCUT2D eigenvalue weighted by atomic mass is 10.1. The molecule has 0 fully saturated rings. The first-order chi connectivity index (χ1) is 11.9. The number of benzene rings is 2. The van der Waals surface area contributed by atoms with E-state index in [9.17, 15) is 14.0 Å². The fourth-order valence-electron chi connectivity index (χ4n) is 2.25. The highest BCUT2D eigenvalue weighted by Crippen LogP contribution is 2.28. The van der Waals surface area contributed by atoms with Gasteiger partial charge in [-0.05, 0) is 25.1 Å². The highest BCUT2D eigenvalue weighted by atomic mass is 32.2. The van der Waals surface area contributed by atoms with Crippen molar-refractivity contribution in [2.45, 2.75) is 17.9 Å². The molecule has 1 atom stereocenters. The molecule has 2 aromatic rings. The number of carbonyl (C=O) groups excluding carboxylic acids is 2. The summed E-state index contributed by atoms with van der Waals surface area (Å²) >= 11 is 1.25. The van der Waals surface area contributed by atoms with E-state index in [4.69, 9.17) is 5.73 Å². The molecule has 2 rings (SSSR count). The smallest absolute Gasteiger partial charge is 0.322 e. The van der Waals surface area contributed by atoms with Crippen LogP contribution in [0.4, 0.5) is 14.9 Å². The number of carbonyl (C=O) groups is 2. The minimum absolute atomic E-state index is 0.119. The number of rotatable bonds is 6. The normalized spacial score (nSPS) is 11.6. The molecular weight excluding hydrogens is 341 g/mol. The minimum Gasteiger partial charge on any atom is -0.369 e. The van der Waals surface area contributed by atoms with E-state index in [1.165, 1.54) is 22.7 Å². The van der Waals surface area contributed by atoms with Crippen molar-refractivity contribution in [3.05, 3.63) is 59.9 Å². The number of hydrogen-bond donors (Lipinski definition) is 2. The number of anilines is 1. The minimum atomic E-state index is -0.438. The van der Waals surface area contributed by atoms with Crippen LogP contribution in [0, 0.1) is 5.82 Å². The molecule has 1 unspecified atom stereocenters. The van der Waals surface area contributed by atoms with Crippen molar-refractivity contribution < 1.29 is 14.0 Å². The quantitative estimate of drug-likeness (QED) is 0.772. The molecule has 5 nitrogen and oxygen atoms in total. The van der Waals surface area contributed by atoms with E-state index in [0.717, 1.165) is 4.90 Å². The Morgan fingerprint density at radius 3 is 2.52 bits per heavy atom. The van der Waals surface area contributed by atoms with Crippen molar-refractivity contribution in [1.82, 2.24) is 4.90 Å². The van der Waals surface area contributed by atoms with E-state index in [2.05, 4.69) is 5.32 Å². The summed E-state index contributed by atoms with van der Waals surface area (Å²) < 4.78 is 13.9. The van der Waals surface area contributed by atoms with Gasteiger partial charge in [-0.1, -0.05) is 30.3 Å². The predicted octanol–water partition coefficient (Wildman–Crippen LogP) is 3.63. The summed E-state index contributed by atoms with van der Waals surface area (Å²) in [5.74, 6) is -0.669. The lowest BCUT2D eigenvalue weighted by Gasteiger charge is -2.26. The second-order valence-electron chi connectivity index (χ2n) is 5.49. The van der Waals surface area contributed by atoms with E-state index >= 15 is 0 Å². The second-order valence-corrected chi connectivity index (χ2v) is 6.51.